The van der Waals surface area contributed by atoms with E-state index in [1.165, 1.54) is 23.5 Å². The average Bonchev–Trinajstić information content (AvgIpc) is 3.13. The van der Waals surface area contributed by atoms with Crippen molar-refractivity contribution < 1.29 is 17.9 Å². The standard InChI is InChI=1S/C20H20ClN3O5S2/c1-29-17-5-2-13(10-15(17)21)11-19(25)23-6-8-24(9-7-23)31(27,28)14-3-4-16-18(12-14)30-20(26)22-16/h2-5,10,12H,6-9,11H2,1H3,(H,22,26). The number of amides is 1. The van der Waals surface area contributed by atoms with Gasteiger partial charge < -0.3 is 14.6 Å². The molecule has 11 heteroatoms. The van der Waals surface area contributed by atoms with Gasteiger partial charge in [-0.15, -0.1) is 0 Å². The lowest BCUT2D eigenvalue weighted by atomic mass is 10.1. The Labute approximate surface area is 188 Å². The molecule has 0 unspecified atom stereocenters. The predicted molar refractivity (Wildman–Crippen MR) is 119 cm³/mol. The van der Waals surface area contributed by atoms with E-state index >= 15 is 0 Å². The van der Waals surface area contributed by atoms with Crippen LogP contribution in [-0.4, -0.2) is 61.8 Å². The molecule has 2 aromatic carbocycles. The third-order valence-corrected chi connectivity index (χ3v) is 8.23. The quantitative estimate of drug-likeness (QED) is 0.603. The molecule has 2 heterocycles. The van der Waals surface area contributed by atoms with Gasteiger partial charge in [-0.3, -0.25) is 9.59 Å². The second-order valence-electron chi connectivity index (χ2n) is 7.10. The van der Waals surface area contributed by atoms with Crippen LogP contribution in [0, 0.1) is 0 Å². The highest BCUT2D eigenvalue weighted by Gasteiger charge is 2.30. The van der Waals surface area contributed by atoms with E-state index in [4.69, 9.17) is 16.3 Å². The fourth-order valence-electron chi connectivity index (χ4n) is 3.52. The topological polar surface area (TPSA) is 99.8 Å². The SMILES string of the molecule is COc1ccc(CC(=O)N2CCN(S(=O)(=O)c3ccc4[nH]c(=O)sc4c3)CC2)cc1Cl. The number of hydrogen-bond acceptors (Lipinski definition) is 6. The van der Waals surface area contributed by atoms with Crippen LogP contribution in [0.15, 0.2) is 46.1 Å². The van der Waals surface area contributed by atoms with Crippen LogP contribution in [0.1, 0.15) is 5.56 Å². The van der Waals surface area contributed by atoms with Crippen molar-refractivity contribution in [3.63, 3.8) is 0 Å². The lowest BCUT2D eigenvalue weighted by Gasteiger charge is -2.34. The van der Waals surface area contributed by atoms with Gasteiger partial charge in [-0.2, -0.15) is 4.31 Å². The Balaban J connectivity index is 1.41. The maximum Gasteiger partial charge on any atom is 0.305 e. The van der Waals surface area contributed by atoms with E-state index in [9.17, 15) is 18.0 Å². The molecular formula is C20H20ClN3O5S2. The molecule has 8 nitrogen and oxygen atoms in total. The number of nitrogens with zero attached hydrogens (tertiary/aromatic N) is 2. The number of carbonyl (C=O) groups is 1. The molecule has 1 N–H and O–H groups in total. The molecule has 31 heavy (non-hydrogen) atoms. The number of benzene rings is 2. The fourth-order valence-corrected chi connectivity index (χ4v) is 6.10. The Hall–Kier alpha value is -2.40. The summed E-state index contributed by atoms with van der Waals surface area (Å²) in [6, 6.07) is 9.80. The lowest BCUT2D eigenvalue weighted by molar-refractivity contribution is -0.131. The molecule has 1 aliphatic rings. The van der Waals surface area contributed by atoms with E-state index in [1.54, 1.807) is 29.2 Å². The maximum absolute atomic E-state index is 13.0. The molecule has 3 aromatic rings. The van der Waals surface area contributed by atoms with Crippen molar-refractivity contribution in [2.75, 3.05) is 33.3 Å². The van der Waals surface area contributed by atoms with Crippen LogP contribution in [0.2, 0.25) is 5.02 Å². The Bertz CT molecular complexity index is 1290. The molecule has 1 fully saturated rings. The van der Waals surface area contributed by atoms with Gasteiger partial charge in [0.2, 0.25) is 15.9 Å². The molecule has 0 aliphatic carbocycles. The highest BCUT2D eigenvalue weighted by atomic mass is 35.5. The summed E-state index contributed by atoms with van der Waals surface area (Å²) in [7, 11) is -2.19. The number of nitrogens with one attached hydrogen (secondary N) is 1. The number of thiazole rings is 1. The molecule has 0 bridgehead atoms. The largest absolute Gasteiger partial charge is 0.495 e. The van der Waals surface area contributed by atoms with Crippen molar-refractivity contribution in [1.29, 1.82) is 0 Å². The van der Waals surface area contributed by atoms with Crippen molar-refractivity contribution in [2.45, 2.75) is 11.3 Å². The summed E-state index contributed by atoms with van der Waals surface area (Å²) in [6.07, 6.45) is 0.180. The van der Waals surface area contributed by atoms with Gasteiger partial charge in [0.15, 0.2) is 0 Å². The number of methoxy groups -OCH3 is 1. The Morgan fingerprint density at radius 2 is 1.90 bits per heavy atom. The molecule has 0 atom stereocenters. The first-order valence-corrected chi connectivity index (χ1v) is 12.1. The predicted octanol–water partition coefficient (Wildman–Crippen LogP) is 2.33. The number of halogens is 1. The van der Waals surface area contributed by atoms with E-state index in [2.05, 4.69) is 4.98 Å². The lowest BCUT2D eigenvalue weighted by Crippen LogP contribution is -2.50. The second-order valence-corrected chi connectivity index (χ2v) is 10.5. The number of H-pyrrole nitrogens is 1. The van der Waals surface area contributed by atoms with Crippen molar-refractivity contribution in [1.82, 2.24) is 14.2 Å². The first-order valence-electron chi connectivity index (χ1n) is 9.51. The van der Waals surface area contributed by atoms with Crippen LogP contribution in [0.3, 0.4) is 0 Å². The summed E-state index contributed by atoms with van der Waals surface area (Å²) in [5.41, 5.74) is 1.38. The Morgan fingerprint density at radius 3 is 2.58 bits per heavy atom. The highest BCUT2D eigenvalue weighted by Crippen LogP contribution is 2.26. The van der Waals surface area contributed by atoms with Gasteiger partial charge in [-0.05, 0) is 35.9 Å². The Kier molecular flexibility index (Phi) is 6.07. The van der Waals surface area contributed by atoms with E-state index in [1.807, 2.05) is 0 Å². The van der Waals surface area contributed by atoms with Gasteiger partial charge in [0.25, 0.3) is 0 Å². The number of fused-ring (bicyclic) bond motifs is 1. The number of aromatic amines is 1. The number of piperazine rings is 1. The van der Waals surface area contributed by atoms with Crippen LogP contribution in [-0.2, 0) is 21.2 Å². The van der Waals surface area contributed by atoms with Gasteiger partial charge in [0.1, 0.15) is 5.75 Å². The third-order valence-electron chi connectivity index (χ3n) is 5.19. The van der Waals surface area contributed by atoms with E-state index < -0.39 is 10.0 Å². The molecule has 1 amide bonds. The monoisotopic (exact) mass is 481 g/mol. The van der Waals surface area contributed by atoms with Gasteiger partial charge in [-0.1, -0.05) is 29.0 Å². The molecular weight excluding hydrogens is 462 g/mol. The summed E-state index contributed by atoms with van der Waals surface area (Å²) >= 11 is 7.10. The number of sulfonamides is 1. The van der Waals surface area contributed by atoms with Gasteiger partial charge in [0.05, 0.1) is 33.7 Å². The molecule has 4 rings (SSSR count). The van der Waals surface area contributed by atoms with Gasteiger partial charge >= 0.3 is 4.87 Å². The van der Waals surface area contributed by atoms with Crippen molar-refractivity contribution in [2.24, 2.45) is 0 Å². The minimum atomic E-state index is -3.71. The Morgan fingerprint density at radius 1 is 1.16 bits per heavy atom. The van der Waals surface area contributed by atoms with Crippen LogP contribution in [0.25, 0.3) is 10.2 Å². The number of aromatic nitrogens is 1. The van der Waals surface area contributed by atoms with E-state index in [-0.39, 0.29) is 35.2 Å². The summed E-state index contributed by atoms with van der Waals surface area (Å²) in [5.74, 6) is 0.457. The molecule has 1 saturated heterocycles. The molecule has 1 aliphatic heterocycles. The number of rotatable bonds is 5. The molecule has 164 valence electrons. The summed E-state index contributed by atoms with van der Waals surface area (Å²) in [5, 5.41) is 0.438. The smallest absolute Gasteiger partial charge is 0.305 e. The van der Waals surface area contributed by atoms with Gasteiger partial charge in [0, 0.05) is 26.2 Å². The van der Waals surface area contributed by atoms with Crippen molar-refractivity contribution in [3.8, 4) is 5.75 Å². The number of ether oxygens (including phenoxy) is 1. The fraction of sp³-hybridized carbons (Fsp3) is 0.300. The van der Waals surface area contributed by atoms with Crippen LogP contribution >= 0.6 is 22.9 Å². The maximum atomic E-state index is 13.0. The van der Waals surface area contributed by atoms with Crippen molar-refractivity contribution >= 4 is 49.1 Å². The van der Waals surface area contributed by atoms with Crippen molar-refractivity contribution in [3.05, 3.63) is 56.7 Å². The molecule has 1 aromatic heterocycles. The molecule has 0 spiro atoms. The summed E-state index contributed by atoms with van der Waals surface area (Å²) in [4.78, 5) is 28.4. The molecule has 0 saturated carbocycles. The number of carbonyl (C=O) groups excluding carboxylic acids is 1. The average molecular weight is 482 g/mol. The van der Waals surface area contributed by atoms with Crippen LogP contribution < -0.4 is 9.61 Å². The minimum Gasteiger partial charge on any atom is -0.495 e. The first-order chi connectivity index (χ1) is 14.8. The normalized spacial score (nSPS) is 15.4. The third kappa shape index (κ3) is 4.47. The zero-order valence-electron chi connectivity index (χ0n) is 16.6. The van der Waals surface area contributed by atoms with E-state index in [0.717, 1.165) is 16.9 Å². The van der Waals surface area contributed by atoms with Crippen LogP contribution in [0.4, 0.5) is 0 Å². The summed E-state index contributed by atoms with van der Waals surface area (Å²) < 4.78 is 33.1. The highest BCUT2D eigenvalue weighted by molar-refractivity contribution is 7.89. The molecule has 0 radical (unpaired) electrons. The second kappa shape index (κ2) is 8.62. The first kappa shape index (κ1) is 21.8. The van der Waals surface area contributed by atoms with Gasteiger partial charge in [-0.25, -0.2) is 8.42 Å². The minimum absolute atomic E-state index is 0.0863. The zero-order chi connectivity index (χ0) is 22.2. The number of hydrogen-bond donors (Lipinski definition) is 1. The van der Waals surface area contributed by atoms with Crippen LogP contribution in [0.5, 0.6) is 5.75 Å². The van der Waals surface area contributed by atoms with E-state index in [0.29, 0.717) is 34.1 Å². The zero-order valence-corrected chi connectivity index (χ0v) is 19.0. The summed E-state index contributed by atoms with van der Waals surface area (Å²) in [6.45, 7) is 1.03.